The van der Waals surface area contributed by atoms with Crippen LogP contribution in [-0.4, -0.2) is 56.1 Å². The van der Waals surface area contributed by atoms with Gasteiger partial charge >= 0.3 is 6.18 Å². The molecule has 2 rings (SSSR count). The standard InChI is InChI=1S/C26H34F3N3O4S/c1-6-22(24(34)30-25(2,3)4)31(16-15-19-11-8-7-9-12-19)23(33)18-32(37(5,35)36)21-14-10-13-20(17-21)26(27,28)29/h7-14,17,22H,6,15-16,18H2,1-5H3,(H,30,34)/t22-/m0/s1. The number of nitrogens with zero attached hydrogens (tertiary/aromatic N) is 2. The molecule has 0 unspecified atom stereocenters. The van der Waals surface area contributed by atoms with Gasteiger partial charge in [0.15, 0.2) is 0 Å². The second-order valence-corrected chi connectivity index (χ2v) is 11.7. The van der Waals surface area contributed by atoms with E-state index >= 15 is 0 Å². The molecule has 0 spiro atoms. The van der Waals surface area contributed by atoms with E-state index in [2.05, 4.69) is 5.32 Å². The molecule has 204 valence electrons. The zero-order valence-corrected chi connectivity index (χ0v) is 22.5. The van der Waals surface area contributed by atoms with Crippen LogP contribution < -0.4 is 9.62 Å². The lowest BCUT2D eigenvalue weighted by Crippen LogP contribution is -2.56. The van der Waals surface area contributed by atoms with Crippen LogP contribution in [0.3, 0.4) is 0 Å². The van der Waals surface area contributed by atoms with Crippen LogP contribution in [0, 0.1) is 0 Å². The quantitative estimate of drug-likeness (QED) is 0.488. The normalized spacial score (nSPS) is 13.1. The summed E-state index contributed by atoms with van der Waals surface area (Å²) in [6, 6.07) is 12.1. The van der Waals surface area contributed by atoms with E-state index in [9.17, 15) is 31.2 Å². The Morgan fingerprint density at radius 3 is 2.14 bits per heavy atom. The van der Waals surface area contributed by atoms with Gasteiger partial charge in [-0.3, -0.25) is 13.9 Å². The molecule has 0 aromatic heterocycles. The zero-order valence-electron chi connectivity index (χ0n) is 21.7. The Kier molecular flexibility index (Phi) is 9.76. The topological polar surface area (TPSA) is 86.8 Å². The molecule has 1 atom stereocenters. The third kappa shape index (κ3) is 9.07. The van der Waals surface area contributed by atoms with Gasteiger partial charge in [0.2, 0.25) is 21.8 Å². The minimum atomic E-state index is -4.69. The summed E-state index contributed by atoms with van der Waals surface area (Å²) < 4.78 is 65.6. The number of amides is 2. The van der Waals surface area contributed by atoms with E-state index in [4.69, 9.17) is 0 Å². The fourth-order valence-electron chi connectivity index (χ4n) is 3.80. The average molecular weight is 542 g/mol. The third-order valence-electron chi connectivity index (χ3n) is 5.51. The van der Waals surface area contributed by atoms with Crippen molar-refractivity contribution in [3.05, 3.63) is 65.7 Å². The fraction of sp³-hybridized carbons (Fsp3) is 0.462. The largest absolute Gasteiger partial charge is 0.416 e. The van der Waals surface area contributed by atoms with Gasteiger partial charge in [-0.15, -0.1) is 0 Å². The summed E-state index contributed by atoms with van der Waals surface area (Å²) in [6.45, 7) is 6.48. The summed E-state index contributed by atoms with van der Waals surface area (Å²) >= 11 is 0. The molecule has 0 radical (unpaired) electrons. The van der Waals surface area contributed by atoms with E-state index in [1.165, 1.54) is 11.0 Å². The zero-order chi connectivity index (χ0) is 28.0. The average Bonchev–Trinajstić information content (AvgIpc) is 2.78. The van der Waals surface area contributed by atoms with Crippen LogP contribution in [0.4, 0.5) is 18.9 Å². The van der Waals surface area contributed by atoms with Crippen molar-refractivity contribution in [2.75, 3.05) is 23.7 Å². The lowest BCUT2D eigenvalue weighted by molar-refractivity contribution is -0.140. The molecular formula is C26H34F3N3O4S. The van der Waals surface area contributed by atoms with Gasteiger partial charge in [-0.05, 0) is 57.4 Å². The predicted molar refractivity (Wildman–Crippen MR) is 137 cm³/mol. The van der Waals surface area contributed by atoms with E-state index < -0.39 is 51.7 Å². The van der Waals surface area contributed by atoms with Crippen LogP contribution in [0.1, 0.15) is 45.2 Å². The Morgan fingerprint density at radius 1 is 1.00 bits per heavy atom. The van der Waals surface area contributed by atoms with Crippen molar-refractivity contribution in [1.29, 1.82) is 0 Å². The minimum absolute atomic E-state index is 0.110. The first-order valence-electron chi connectivity index (χ1n) is 11.8. The number of alkyl halides is 3. The molecule has 0 bridgehead atoms. The van der Waals surface area contributed by atoms with Crippen molar-refractivity contribution in [2.45, 2.75) is 58.3 Å². The Morgan fingerprint density at radius 2 is 1.62 bits per heavy atom. The summed E-state index contributed by atoms with van der Waals surface area (Å²) in [7, 11) is -4.14. The van der Waals surface area contributed by atoms with Gasteiger partial charge in [-0.25, -0.2) is 8.42 Å². The summed E-state index contributed by atoms with van der Waals surface area (Å²) in [5.74, 6) is -1.10. The highest BCUT2D eigenvalue weighted by molar-refractivity contribution is 7.92. The maximum atomic E-state index is 13.6. The molecule has 0 saturated heterocycles. The maximum absolute atomic E-state index is 13.6. The summed E-state index contributed by atoms with van der Waals surface area (Å²) in [5.41, 5.74) is -0.997. The van der Waals surface area contributed by atoms with Gasteiger partial charge in [-0.1, -0.05) is 43.3 Å². The van der Waals surface area contributed by atoms with E-state index in [0.29, 0.717) is 16.8 Å². The molecule has 0 fully saturated rings. The molecule has 2 aromatic carbocycles. The number of hydrogen-bond acceptors (Lipinski definition) is 4. The highest BCUT2D eigenvalue weighted by Gasteiger charge is 2.34. The molecule has 37 heavy (non-hydrogen) atoms. The Labute approximate surface area is 216 Å². The van der Waals surface area contributed by atoms with Crippen LogP contribution in [-0.2, 0) is 32.2 Å². The minimum Gasteiger partial charge on any atom is -0.350 e. The van der Waals surface area contributed by atoms with Gasteiger partial charge in [0.25, 0.3) is 0 Å². The molecular weight excluding hydrogens is 507 g/mol. The number of hydrogen-bond donors (Lipinski definition) is 1. The number of anilines is 1. The summed E-state index contributed by atoms with van der Waals surface area (Å²) in [6.07, 6.45) is -3.22. The monoisotopic (exact) mass is 541 g/mol. The number of sulfonamides is 1. The molecule has 0 heterocycles. The lowest BCUT2D eigenvalue weighted by atomic mass is 10.1. The molecule has 0 aliphatic carbocycles. The molecule has 2 aromatic rings. The van der Waals surface area contributed by atoms with E-state index in [1.54, 1.807) is 27.7 Å². The molecule has 1 N–H and O–H groups in total. The van der Waals surface area contributed by atoms with Crippen LogP contribution in [0.25, 0.3) is 0 Å². The first-order valence-corrected chi connectivity index (χ1v) is 13.7. The van der Waals surface area contributed by atoms with Crippen LogP contribution in [0.5, 0.6) is 0 Å². The number of carbonyl (C=O) groups is 2. The SMILES string of the molecule is CC[C@@H](C(=O)NC(C)(C)C)N(CCc1ccccc1)C(=O)CN(c1cccc(C(F)(F)F)c1)S(C)(=O)=O. The van der Waals surface area contributed by atoms with Crippen molar-refractivity contribution >= 4 is 27.5 Å². The van der Waals surface area contributed by atoms with Gasteiger partial charge < -0.3 is 10.2 Å². The molecule has 0 aliphatic heterocycles. The van der Waals surface area contributed by atoms with E-state index in [-0.39, 0.29) is 18.7 Å². The second-order valence-electron chi connectivity index (χ2n) is 9.80. The molecule has 7 nitrogen and oxygen atoms in total. The molecule has 11 heteroatoms. The second kappa shape index (κ2) is 12.0. The first kappa shape index (κ1) is 30.1. The first-order chi connectivity index (χ1) is 17.0. The highest BCUT2D eigenvalue weighted by Crippen LogP contribution is 2.32. The van der Waals surface area contributed by atoms with Gasteiger partial charge in [0.05, 0.1) is 17.5 Å². The van der Waals surface area contributed by atoms with E-state index in [0.717, 1.165) is 24.0 Å². The Bertz CT molecular complexity index is 1180. The van der Waals surface area contributed by atoms with Gasteiger partial charge in [0.1, 0.15) is 12.6 Å². The number of carbonyl (C=O) groups excluding carboxylic acids is 2. The summed E-state index contributed by atoms with van der Waals surface area (Å²) in [4.78, 5) is 28.0. The fourth-order valence-corrected chi connectivity index (χ4v) is 4.64. The molecule has 0 saturated carbocycles. The number of nitrogens with one attached hydrogen (secondary N) is 1. The van der Waals surface area contributed by atoms with Crippen molar-refractivity contribution in [1.82, 2.24) is 10.2 Å². The van der Waals surface area contributed by atoms with Gasteiger partial charge in [0, 0.05) is 12.1 Å². The molecule has 2 amide bonds. The predicted octanol–water partition coefficient (Wildman–Crippen LogP) is 4.24. The number of rotatable bonds is 10. The highest BCUT2D eigenvalue weighted by atomic mass is 32.2. The van der Waals surface area contributed by atoms with Crippen molar-refractivity contribution in [3.8, 4) is 0 Å². The smallest absolute Gasteiger partial charge is 0.350 e. The maximum Gasteiger partial charge on any atom is 0.416 e. The van der Waals surface area contributed by atoms with Crippen LogP contribution in [0.15, 0.2) is 54.6 Å². The number of halogens is 3. The third-order valence-corrected chi connectivity index (χ3v) is 6.65. The van der Waals surface area contributed by atoms with Crippen molar-refractivity contribution < 1.29 is 31.2 Å². The number of benzene rings is 2. The van der Waals surface area contributed by atoms with Crippen LogP contribution >= 0.6 is 0 Å². The lowest BCUT2D eigenvalue weighted by Gasteiger charge is -2.34. The van der Waals surface area contributed by atoms with Gasteiger partial charge in [-0.2, -0.15) is 13.2 Å². The van der Waals surface area contributed by atoms with Crippen LogP contribution in [0.2, 0.25) is 0 Å². The van der Waals surface area contributed by atoms with Crippen molar-refractivity contribution in [3.63, 3.8) is 0 Å². The summed E-state index contributed by atoms with van der Waals surface area (Å²) in [5, 5.41) is 2.85. The van der Waals surface area contributed by atoms with E-state index in [1.807, 2.05) is 30.3 Å². The Balaban J connectivity index is 2.44. The Hall–Kier alpha value is -3.08. The van der Waals surface area contributed by atoms with Crippen molar-refractivity contribution in [2.24, 2.45) is 0 Å². The molecule has 0 aliphatic rings.